The van der Waals surface area contributed by atoms with Gasteiger partial charge in [-0.3, -0.25) is 0 Å². The van der Waals surface area contributed by atoms with Crippen molar-refractivity contribution >= 4 is 0 Å². The van der Waals surface area contributed by atoms with E-state index in [1.54, 1.807) is 0 Å². The van der Waals surface area contributed by atoms with Crippen molar-refractivity contribution in [3.8, 4) is 0 Å². The fourth-order valence-corrected chi connectivity index (χ4v) is 8.33. The lowest BCUT2D eigenvalue weighted by Crippen LogP contribution is -2.67. The van der Waals surface area contributed by atoms with Crippen molar-refractivity contribution in [3.63, 3.8) is 0 Å². The van der Waals surface area contributed by atoms with Gasteiger partial charge in [0.15, 0.2) is 0 Å². The first-order chi connectivity index (χ1) is 14.4. The molecular weight excluding hydrogens is 384 g/mol. The monoisotopic (exact) mass is 430 g/mol. The van der Waals surface area contributed by atoms with Gasteiger partial charge in [0.1, 0.15) is 0 Å². The summed E-state index contributed by atoms with van der Waals surface area (Å²) in [6.07, 6.45) is 14.4. The van der Waals surface area contributed by atoms with Crippen molar-refractivity contribution in [2.45, 2.75) is 104 Å². The molecule has 0 spiro atoms. The smallest absolute Gasteiger partial charge is 0.0910 e. The lowest BCUT2D eigenvalue weighted by molar-refractivity contribution is -0.220. The molecule has 4 aliphatic rings. The summed E-state index contributed by atoms with van der Waals surface area (Å²) in [6.45, 7) is 13.8. The largest absolute Gasteiger partial charge is 0.393 e. The Morgan fingerprint density at radius 3 is 2.26 bits per heavy atom. The van der Waals surface area contributed by atoms with Gasteiger partial charge >= 0.3 is 0 Å². The Bertz CT molecular complexity index is 743. The normalized spacial score (nSPS) is 51.4. The second-order valence-electron chi connectivity index (χ2n) is 12.6. The summed E-state index contributed by atoms with van der Waals surface area (Å²) in [7, 11) is 0. The van der Waals surface area contributed by atoms with Crippen molar-refractivity contribution in [1.29, 1.82) is 0 Å². The summed E-state index contributed by atoms with van der Waals surface area (Å²) in [5.41, 5.74) is -2.09. The van der Waals surface area contributed by atoms with Gasteiger partial charge < -0.3 is 15.3 Å². The minimum Gasteiger partial charge on any atom is -0.393 e. The Hall–Kier alpha value is -0.640. The van der Waals surface area contributed by atoms with Crippen molar-refractivity contribution < 1.29 is 15.3 Å². The predicted octanol–water partition coefficient (Wildman–Crippen LogP) is 5.50. The molecule has 4 aliphatic carbocycles. The van der Waals surface area contributed by atoms with Crippen LogP contribution >= 0.6 is 0 Å². The van der Waals surface area contributed by atoms with E-state index in [0.717, 1.165) is 32.1 Å². The van der Waals surface area contributed by atoms with E-state index in [1.807, 2.05) is 12.2 Å². The number of aliphatic hydroxyl groups excluding tert-OH is 1. The van der Waals surface area contributed by atoms with Crippen LogP contribution in [0.5, 0.6) is 0 Å². The van der Waals surface area contributed by atoms with E-state index in [-0.39, 0.29) is 22.7 Å². The van der Waals surface area contributed by atoms with Crippen LogP contribution in [0.15, 0.2) is 24.3 Å². The third-order valence-corrected chi connectivity index (χ3v) is 10.8. The summed E-state index contributed by atoms with van der Waals surface area (Å²) in [5.74, 6) is 2.66. The molecular formula is C28H46O3. The topological polar surface area (TPSA) is 60.7 Å². The molecule has 4 rings (SSSR count). The number of allylic oxidation sites excluding steroid dienone is 2. The highest BCUT2D eigenvalue weighted by atomic mass is 16.3. The summed E-state index contributed by atoms with van der Waals surface area (Å²) in [4.78, 5) is 0. The predicted molar refractivity (Wildman–Crippen MR) is 126 cm³/mol. The minimum atomic E-state index is -1.00. The second kappa shape index (κ2) is 7.71. The van der Waals surface area contributed by atoms with E-state index in [2.05, 4.69) is 53.7 Å². The van der Waals surface area contributed by atoms with Gasteiger partial charge in [0.05, 0.1) is 17.3 Å². The maximum absolute atomic E-state index is 12.2. The summed E-state index contributed by atoms with van der Waals surface area (Å²) >= 11 is 0. The quantitative estimate of drug-likeness (QED) is 0.516. The molecule has 10 atom stereocenters. The molecule has 0 heterocycles. The first kappa shape index (κ1) is 23.5. The van der Waals surface area contributed by atoms with Crippen molar-refractivity contribution in [2.75, 3.05) is 0 Å². The van der Waals surface area contributed by atoms with Crippen LogP contribution in [-0.2, 0) is 0 Å². The Morgan fingerprint density at radius 1 is 0.871 bits per heavy atom. The maximum atomic E-state index is 12.2. The average molecular weight is 431 g/mol. The molecule has 0 bridgehead atoms. The Labute approximate surface area is 190 Å². The lowest BCUT2D eigenvalue weighted by atomic mass is 9.43. The van der Waals surface area contributed by atoms with E-state index in [0.29, 0.717) is 30.1 Å². The van der Waals surface area contributed by atoms with Crippen molar-refractivity contribution in [1.82, 2.24) is 0 Å². The zero-order chi connectivity index (χ0) is 22.8. The van der Waals surface area contributed by atoms with Gasteiger partial charge in [-0.25, -0.2) is 0 Å². The first-order valence-electron chi connectivity index (χ1n) is 12.9. The molecule has 0 aliphatic heterocycles. The summed E-state index contributed by atoms with van der Waals surface area (Å²) in [6, 6.07) is 0. The van der Waals surface area contributed by atoms with Gasteiger partial charge in [0.25, 0.3) is 0 Å². The number of hydrogen-bond donors (Lipinski definition) is 3. The third-order valence-electron chi connectivity index (χ3n) is 10.8. The number of rotatable bonds is 4. The molecule has 3 nitrogen and oxygen atoms in total. The van der Waals surface area contributed by atoms with Crippen molar-refractivity contribution in [3.05, 3.63) is 24.3 Å². The van der Waals surface area contributed by atoms with Gasteiger partial charge in [0.2, 0.25) is 0 Å². The molecule has 0 aromatic carbocycles. The number of hydrogen-bond acceptors (Lipinski definition) is 3. The summed E-state index contributed by atoms with van der Waals surface area (Å²) < 4.78 is 0. The van der Waals surface area contributed by atoms with Crippen LogP contribution in [0.4, 0.5) is 0 Å². The Balaban J connectivity index is 1.62. The Morgan fingerprint density at radius 2 is 1.58 bits per heavy atom. The van der Waals surface area contributed by atoms with Crippen molar-refractivity contribution in [2.24, 2.45) is 46.3 Å². The van der Waals surface area contributed by atoms with Crippen LogP contribution in [0.2, 0.25) is 0 Å². The Kier molecular flexibility index (Phi) is 5.84. The van der Waals surface area contributed by atoms with E-state index in [9.17, 15) is 15.3 Å². The third kappa shape index (κ3) is 3.40. The molecule has 0 amide bonds. The standard InChI is InChI=1S/C28H46O3/c1-18(2)19(3)7-8-20(4)22-9-10-23-25(22,5)13-12-24-26(6)14-11-21(29)17-27(26,30)15-16-28(23,24)31/h7-8,15-16,18-24,29-31H,9-14,17H2,1-6H3/b8-7+. The molecule has 10 unspecified atom stereocenters. The number of aliphatic hydroxyl groups is 3. The molecule has 0 aromatic heterocycles. The van der Waals surface area contributed by atoms with Gasteiger partial charge in [-0.05, 0) is 73.5 Å². The highest BCUT2D eigenvalue weighted by Crippen LogP contribution is 2.68. The van der Waals surface area contributed by atoms with Crippen LogP contribution in [0.3, 0.4) is 0 Å². The zero-order valence-electron chi connectivity index (χ0n) is 20.6. The molecule has 3 fully saturated rings. The van der Waals surface area contributed by atoms with E-state index >= 15 is 0 Å². The second-order valence-corrected chi connectivity index (χ2v) is 12.6. The maximum Gasteiger partial charge on any atom is 0.0910 e. The fraction of sp³-hybridized carbons (Fsp3) is 0.857. The van der Waals surface area contributed by atoms with Crippen LogP contribution in [-0.4, -0.2) is 32.6 Å². The summed E-state index contributed by atoms with van der Waals surface area (Å²) in [5, 5.41) is 34.0. The zero-order valence-corrected chi connectivity index (χ0v) is 20.6. The van der Waals surface area contributed by atoms with Gasteiger partial charge in [0, 0.05) is 17.8 Å². The minimum absolute atomic E-state index is 0.0612. The van der Waals surface area contributed by atoms with E-state index < -0.39 is 17.3 Å². The molecule has 3 saturated carbocycles. The molecule has 0 radical (unpaired) electrons. The van der Waals surface area contributed by atoms with Crippen LogP contribution in [0.1, 0.15) is 86.5 Å². The first-order valence-corrected chi connectivity index (χ1v) is 12.9. The molecule has 0 saturated heterocycles. The van der Waals surface area contributed by atoms with Gasteiger partial charge in [-0.2, -0.15) is 0 Å². The molecule has 3 N–H and O–H groups in total. The van der Waals surface area contributed by atoms with Crippen LogP contribution in [0, 0.1) is 46.3 Å². The molecule has 176 valence electrons. The SMILES string of the molecule is CC(C)C(C)/C=C/C(C)C1CCC2C3(O)C=CC4(O)CC(O)CCC4(C)C3CCC12C. The molecule has 3 heteroatoms. The van der Waals surface area contributed by atoms with Crippen LogP contribution < -0.4 is 0 Å². The highest BCUT2D eigenvalue weighted by molar-refractivity contribution is 5.31. The van der Waals surface area contributed by atoms with Gasteiger partial charge in [-0.1, -0.05) is 65.8 Å². The fourth-order valence-electron chi connectivity index (χ4n) is 8.33. The van der Waals surface area contributed by atoms with E-state index in [1.165, 1.54) is 6.42 Å². The average Bonchev–Trinajstić information content (AvgIpc) is 3.05. The molecule has 0 aromatic rings. The van der Waals surface area contributed by atoms with Crippen LogP contribution in [0.25, 0.3) is 0 Å². The lowest BCUT2D eigenvalue weighted by Gasteiger charge is -2.64. The van der Waals surface area contributed by atoms with Gasteiger partial charge in [-0.15, -0.1) is 0 Å². The number of fused-ring (bicyclic) bond motifs is 5. The highest BCUT2D eigenvalue weighted by Gasteiger charge is 2.68. The van der Waals surface area contributed by atoms with E-state index in [4.69, 9.17) is 0 Å². The molecule has 31 heavy (non-hydrogen) atoms.